The summed E-state index contributed by atoms with van der Waals surface area (Å²) in [5.74, 6) is -0.504. The molecule has 0 aromatic carbocycles. The maximum Gasteiger partial charge on any atom is 0.223 e. The largest absolute Gasteiger partial charge is 0.373 e. The number of aryl methyl sites for hydroxylation is 1. The number of aromatic nitrogens is 2. The predicted molar refractivity (Wildman–Crippen MR) is 49.2 cm³/mol. The van der Waals surface area contributed by atoms with E-state index in [1.807, 2.05) is 13.2 Å². The SMILES string of the molecule is Cn1cc(C2OCCC2C(N)=O)cn1. The Hall–Kier alpha value is -1.36. The van der Waals surface area contributed by atoms with Crippen molar-refractivity contribution in [2.75, 3.05) is 6.61 Å². The number of rotatable bonds is 2. The summed E-state index contributed by atoms with van der Waals surface area (Å²) in [5, 5.41) is 4.04. The van der Waals surface area contributed by atoms with Crippen LogP contribution in [-0.4, -0.2) is 22.3 Å². The van der Waals surface area contributed by atoms with Gasteiger partial charge in [0.25, 0.3) is 0 Å². The van der Waals surface area contributed by atoms with Crippen LogP contribution in [0.3, 0.4) is 0 Å². The zero-order chi connectivity index (χ0) is 10.1. The van der Waals surface area contributed by atoms with E-state index >= 15 is 0 Å². The Kier molecular flexibility index (Phi) is 2.25. The summed E-state index contributed by atoms with van der Waals surface area (Å²) >= 11 is 0. The van der Waals surface area contributed by atoms with Crippen LogP contribution >= 0.6 is 0 Å². The van der Waals surface area contributed by atoms with Crippen LogP contribution in [0.25, 0.3) is 0 Å². The molecule has 0 bridgehead atoms. The highest BCUT2D eigenvalue weighted by atomic mass is 16.5. The quantitative estimate of drug-likeness (QED) is 0.721. The molecule has 1 aliphatic rings. The number of ether oxygens (including phenoxy) is 1. The summed E-state index contributed by atoms with van der Waals surface area (Å²) in [4.78, 5) is 11.1. The second kappa shape index (κ2) is 3.42. The third kappa shape index (κ3) is 1.50. The van der Waals surface area contributed by atoms with Crippen LogP contribution < -0.4 is 5.73 Å². The number of carbonyl (C=O) groups is 1. The molecule has 0 spiro atoms. The Morgan fingerprint density at radius 2 is 2.57 bits per heavy atom. The van der Waals surface area contributed by atoms with Gasteiger partial charge < -0.3 is 10.5 Å². The molecule has 1 aromatic heterocycles. The van der Waals surface area contributed by atoms with Gasteiger partial charge in [-0.15, -0.1) is 0 Å². The molecular weight excluding hydrogens is 182 g/mol. The highest BCUT2D eigenvalue weighted by Crippen LogP contribution is 2.33. The first-order chi connectivity index (χ1) is 6.68. The first kappa shape index (κ1) is 9.21. The van der Waals surface area contributed by atoms with E-state index in [1.165, 1.54) is 0 Å². The highest BCUT2D eigenvalue weighted by Gasteiger charge is 2.34. The van der Waals surface area contributed by atoms with Crippen molar-refractivity contribution in [1.82, 2.24) is 9.78 Å². The molecule has 2 rings (SSSR count). The van der Waals surface area contributed by atoms with Crippen LogP contribution in [0.15, 0.2) is 12.4 Å². The minimum absolute atomic E-state index is 0.207. The topological polar surface area (TPSA) is 70.1 Å². The Balaban J connectivity index is 2.21. The number of amides is 1. The van der Waals surface area contributed by atoms with Gasteiger partial charge in [-0.3, -0.25) is 9.48 Å². The number of hydrogen-bond donors (Lipinski definition) is 1. The minimum atomic E-state index is -0.295. The predicted octanol–water partition coefficient (Wildman–Crippen LogP) is -0.0170. The van der Waals surface area contributed by atoms with Crippen LogP contribution in [0.5, 0.6) is 0 Å². The highest BCUT2D eigenvalue weighted by molar-refractivity contribution is 5.77. The van der Waals surface area contributed by atoms with Crippen LogP contribution in [0.2, 0.25) is 0 Å². The molecule has 2 heterocycles. The van der Waals surface area contributed by atoms with Crippen molar-refractivity contribution in [2.45, 2.75) is 12.5 Å². The average Bonchev–Trinajstić information content (AvgIpc) is 2.70. The monoisotopic (exact) mass is 195 g/mol. The van der Waals surface area contributed by atoms with E-state index in [2.05, 4.69) is 5.10 Å². The number of hydrogen-bond acceptors (Lipinski definition) is 3. The van der Waals surface area contributed by atoms with Gasteiger partial charge >= 0.3 is 0 Å². The summed E-state index contributed by atoms with van der Waals surface area (Å²) in [7, 11) is 1.83. The van der Waals surface area contributed by atoms with Gasteiger partial charge in [0, 0.05) is 25.4 Å². The molecule has 0 saturated carbocycles. The Morgan fingerprint density at radius 3 is 3.14 bits per heavy atom. The molecular formula is C9H13N3O2. The third-order valence-corrected chi connectivity index (χ3v) is 2.51. The molecule has 2 unspecified atom stereocenters. The standard InChI is InChI=1S/C9H13N3O2/c1-12-5-6(4-11-12)8-7(9(10)13)2-3-14-8/h4-5,7-8H,2-3H2,1H3,(H2,10,13). The van der Waals surface area contributed by atoms with E-state index in [1.54, 1.807) is 10.9 Å². The third-order valence-electron chi connectivity index (χ3n) is 2.51. The Labute approximate surface area is 81.8 Å². The molecule has 76 valence electrons. The summed E-state index contributed by atoms with van der Waals surface area (Å²) in [6.45, 7) is 0.590. The molecule has 1 fully saturated rings. The maximum atomic E-state index is 11.1. The molecule has 1 amide bonds. The van der Waals surface area contributed by atoms with Crippen LogP contribution in [-0.2, 0) is 16.6 Å². The molecule has 1 aromatic rings. The molecule has 0 radical (unpaired) electrons. The van der Waals surface area contributed by atoms with Crippen LogP contribution in [0.4, 0.5) is 0 Å². The van der Waals surface area contributed by atoms with E-state index < -0.39 is 0 Å². The van der Waals surface area contributed by atoms with Crippen molar-refractivity contribution >= 4 is 5.91 Å². The number of primary amides is 1. The van der Waals surface area contributed by atoms with Gasteiger partial charge in [0.1, 0.15) is 0 Å². The number of nitrogens with two attached hydrogens (primary N) is 1. The van der Waals surface area contributed by atoms with Crippen molar-refractivity contribution in [1.29, 1.82) is 0 Å². The molecule has 5 heteroatoms. The molecule has 1 aliphatic heterocycles. The average molecular weight is 195 g/mol. The molecule has 0 aliphatic carbocycles. The van der Waals surface area contributed by atoms with Gasteiger partial charge in [-0.1, -0.05) is 0 Å². The first-order valence-electron chi connectivity index (χ1n) is 4.58. The van der Waals surface area contributed by atoms with Gasteiger partial charge in [-0.25, -0.2) is 0 Å². The molecule has 1 saturated heterocycles. The minimum Gasteiger partial charge on any atom is -0.373 e. The fourth-order valence-electron chi connectivity index (χ4n) is 1.80. The van der Waals surface area contributed by atoms with Crippen molar-refractivity contribution in [2.24, 2.45) is 18.7 Å². The summed E-state index contributed by atoms with van der Waals surface area (Å²) in [6.07, 6.45) is 4.06. The number of carbonyl (C=O) groups excluding carboxylic acids is 1. The van der Waals surface area contributed by atoms with E-state index in [4.69, 9.17) is 10.5 Å². The lowest BCUT2D eigenvalue weighted by atomic mass is 9.97. The van der Waals surface area contributed by atoms with E-state index in [0.29, 0.717) is 13.0 Å². The molecule has 2 N–H and O–H groups in total. The van der Waals surface area contributed by atoms with E-state index in [9.17, 15) is 4.79 Å². The molecule has 2 atom stereocenters. The van der Waals surface area contributed by atoms with Gasteiger partial charge in [-0.2, -0.15) is 5.10 Å². The molecule has 14 heavy (non-hydrogen) atoms. The second-order valence-electron chi connectivity index (χ2n) is 3.54. The summed E-state index contributed by atoms with van der Waals surface area (Å²) in [6, 6.07) is 0. The fraction of sp³-hybridized carbons (Fsp3) is 0.556. The summed E-state index contributed by atoms with van der Waals surface area (Å²) in [5.41, 5.74) is 6.21. The summed E-state index contributed by atoms with van der Waals surface area (Å²) < 4.78 is 7.16. The fourth-order valence-corrected chi connectivity index (χ4v) is 1.80. The van der Waals surface area contributed by atoms with Gasteiger partial charge in [0.05, 0.1) is 18.2 Å². The van der Waals surface area contributed by atoms with Crippen molar-refractivity contribution in [3.05, 3.63) is 18.0 Å². The lowest BCUT2D eigenvalue weighted by Gasteiger charge is -2.13. The lowest BCUT2D eigenvalue weighted by Crippen LogP contribution is -2.25. The van der Waals surface area contributed by atoms with Gasteiger partial charge in [0.2, 0.25) is 5.91 Å². The van der Waals surface area contributed by atoms with Gasteiger partial charge in [0.15, 0.2) is 0 Å². The van der Waals surface area contributed by atoms with Crippen molar-refractivity contribution in [3.63, 3.8) is 0 Å². The lowest BCUT2D eigenvalue weighted by molar-refractivity contribution is -0.123. The Bertz CT molecular complexity index is 348. The normalized spacial score (nSPS) is 26.6. The second-order valence-corrected chi connectivity index (χ2v) is 3.54. The maximum absolute atomic E-state index is 11.1. The number of nitrogens with zero attached hydrogens (tertiary/aromatic N) is 2. The van der Waals surface area contributed by atoms with Crippen LogP contribution in [0.1, 0.15) is 18.1 Å². The smallest absolute Gasteiger partial charge is 0.223 e. The van der Waals surface area contributed by atoms with Crippen molar-refractivity contribution < 1.29 is 9.53 Å². The molecule has 5 nitrogen and oxygen atoms in total. The van der Waals surface area contributed by atoms with E-state index in [0.717, 1.165) is 5.56 Å². The zero-order valence-corrected chi connectivity index (χ0v) is 8.01. The zero-order valence-electron chi connectivity index (χ0n) is 8.01. The van der Waals surface area contributed by atoms with E-state index in [-0.39, 0.29) is 17.9 Å². The Morgan fingerprint density at radius 1 is 1.79 bits per heavy atom. The van der Waals surface area contributed by atoms with Crippen molar-refractivity contribution in [3.8, 4) is 0 Å². The first-order valence-corrected chi connectivity index (χ1v) is 4.58. The van der Waals surface area contributed by atoms with Crippen LogP contribution in [0, 0.1) is 5.92 Å². The van der Waals surface area contributed by atoms with Gasteiger partial charge in [-0.05, 0) is 6.42 Å².